The molecule has 0 spiro atoms. The lowest BCUT2D eigenvalue weighted by atomic mass is 10.1. The quantitative estimate of drug-likeness (QED) is 0.888. The fraction of sp³-hybridized carbons (Fsp3) is 0.312. The van der Waals surface area contributed by atoms with Crippen molar-refractivity contribution in [3.8, 4) is 0 Å². The van der Waals surface area contributed by atoms with Gasteiger partial charge in [0.1, 0.15) is 0 Å². The van der Waals surface area contributed by atoms with Gasteiger partial charge in [0.15, 0.2) is 0 Å². The first-order chi connectivity index (χ1) is 9.66. The molecule has 20 heavy (non-hydrogen) atoms. The van der Waals surface area contributed by atoms with Crippen molar-refractivity contribution in [2.75, 3.05) is 6.54 Å². The second-order valence-corrected chi connectivity index (χ2v) is 5.90. The third-order valence-electron chi connectivity index (χ3n) is 3.14. The molecule has 0 radical (unpaired) electrons. The van der Waals surface area contributed by atoms with Crippen LogP contribution in [-0.4, -0.2) is 23.4 Å². The third-order valence-corrected chi connectivity index (χ3v) is 4.00. The average molecular weight is 288 g/mol. The normalized spacial score (nSPS) is 12.1. The molecule has 3 nitrogen and oxygen atoms in total. The number of nitrogens with two attached hydrogens (primary N) is 1. The van der Waals surface area contributed by atoms with E-state index in [-0.39, 0.29) is 5.91 Å². The van der Waals surface area contributed by atoms with Gasteiger partial charge in [-0.2, -0.15) is 0 Å². The average Bonchev–Trinajstić information content (AvgIpc) is 2.96. The van der Waals surface area contributed by atoms with Crippen molar-refractivity contribution < 1.29 is 4.79 Å². The largest absolute Gasteiger partial charge is 0.336 e. The van der Waals surface area contributed by atoms with E-state index in [0.29, 0.717) is 13.1 Å². The molecule has 1 amide bonds. The first-order valence-electron chi connectivity index (χ1n) is 6.77. The first-order valence-corrected chi connectivity index (χ1v) is 7.65. The van der Waals surface area contributed by atoms with E-state index in [2.05, 4.69) is 18.2 Å². The molecule has 0 aliphatic rings. The van der Waals surface area contributed by atoms with Crippen LogP contribution in [0.4, 0.5) is 0 Å². The second kappa shape index (κ2) is 7.22. The molecule has 0 bridgehead atoms. The van der Waals surface area contributed by atoms with Crippen LogP contribution in [0.15, 0.2) is 47.8 Å². The number of hydrogen-bond acceptors (Lipinski definition) is 3. The van der Waals surface area contributed by atoms with Crippen LogP contribution in [0.25, 0.3) is 0 Å². The summed E-state index contributed by atoms with van der Waals surface area (Å²) < 4.78 is 0. The van der Waals surface area contributed by atoms with Crippen molar-refractivity contribution in [2.24, 2.45) is 5.73 Å². The zero-order chi connectivity index (χ0) is 14.4. The van der Waals surface area contributed by atoms with Crippen molar-refractivity contribution in [1.29, 1.82) is 0 Å². The molecular weight excluding hydrogens is 268 g/mol. The van der Waals surface area contributed by atoms with Gasteiger partial charge in [0.2, 0.25) is 5.91 Å². The number of rotatable bonds is 6. The number of amides is 1. The number of carbonyl (C=O) groups is 1. The number of carbonyl (C=O) groups excluding carboxylic acids is 1. The molecule has 1 aromatic carbocycles. The number of nitrogens with zero attached hydrogens (tertiary/aromatic N) is 1. The zero-order valence-corrected chi connectivity index (χ0v) is 12.5. The van der Waals surface area contributed by atoms with Crippen LogP contribution in [-0.2, 0) is 17.8 Å². The molecule has 0 aliphatic carbocycles. The minimum absolute atomic E-state index is 0.00864. The molecule has 1 atom stereocenters. The lowest BCUT2D eigenvalue weighted by Crippen LogP contribution is -2.42. The predicted molar refractivity (Wildman–Crippen MR) is 83.5 cm³/mol. The summed E-state index contributed by atoms with van der Waals surface area (Å²) in [6.07, 6.45) is 0.852. The van der Waals surface area contributed by atoms with Crippen molar-refractivity contribution in [3.05, 3.63) is 58.3 Å². The molecule has 1 heterocycles. The maximum atomic E-state index is 12.2. The molecule has 0 saturated carbocycles. The molecule has 4 heteroatoms. The van der Waals surface area contributed by atoms with Gasteiger partial charge in [0.25, 0.3) is 0 Å². The van der Waals surface area contributed by atoms with Crippen molar-refractivity contribution in [2.45, 2.75) is 25.9 Å². The summed E-state index contributed by atoms with van der Waals surface area (Å²) in [7, 11) is 0. The van der Waals surface area contributed by atoms with Crippen LogP contribution < -0.4 is 5.73 Å². The van der Waals surface area contributed by atoms with E-state index < -0.39 is 6.04 Å². The first kappa shape index (κ1) is 14.8. The third kappa shape index (κ3) is 4.18. The van der Waals surface area contributed by atoms with Gasteiger partial charge in [-0.1, -0.05) is 36.4 Å². The standard InChI is InChI=1S/C16H20N2OS/c1-13(17)16(19)18(12-15-8-5-11-20-15)10-9-14-6-3-2-4-7-14/h2-8,11,13H,9-10,12,17H2,1H3. The molecule has 2 aromatic rings. The fourth-order valence-electron chi connectivity index (χ4n) is 2.05. The highest BCUT2D eigenvalue weighted by atomic mass is 32.1. The molecule has 1 unspecified atom stereocenters. The summed E-state index contributed by atoms with van der Waals surface area (Å²) in [4.78, 5) is 15.2. The summed E-state index contributed by atoms with van der Waals surface area (Å²) in [6.45, 7) is 3.08. The van der Waals surface area contributed by atoms with Gasteiger partial charge in [-0.15, -0.1) is 11.3 Å². The van der Waals surface area contributed by atoms with Crippen LogP contribution in [0.2, 0.25) is 0 Å². The Balaban J connectivity index is 2.01. The summed E-state index contributed by atoms with van der Waals surface area (Å²) in [5, 5.41) is 2.03. The van der Waals surface area contributed by atoms with Gasteiger partial charge in [0, 0.05) is 11.4 Å². The van der Waals surface area contributed by atoms with E-state index in [9.17, 15) is 4.79 Å². The molecular formula is C16H20N2OS. The van der Waals surface area contributed by atoms with Gasteiger partial charge in [-0.25, -0.2) is 0 Å². The Hall–Kier alpha value is -1.65. The van der Waals surface area contributed by atoms with E-state index in [0.717, 1.165) is 6.42 Å². The highest BCUT2D eigenvalue weighted by molar-refractivity contribution is 7.09. The van der Waals surface area contributed by atoms with Crippen LogP contribution in [0.1, 0.15) is 17.4 Å². The minimum atomic E-state index is -0.453. The monoisotopic (exact) mass is 288 g/mol. The highest BCUT2D eigenvalue weighted by Gasteiger charge is 2.17. The lowest BCUT2D eigenvalue weighted by Gasteiger charge is -2.24. The molecule has 1 aromatic heterocycles. The van der Waals surface area contributed by atoms with E-state index in [1.807, 2.05) is 34.5 Å². The Morgan fingerprint density at radius 1 is 1.25 bits per heavy atom. The van der Waals surface area contributed by atoms with E-state index in [1.165, 1.54) is 10.4 Å². The van der Waals surface area contributed by atoms with Crippen molar-refractivity contribution >= 4 is 17.2 Å². The van der Waals surface area contributed by atoms with Crippen LogP contribution in [0, 0.1) is 0 Å². The maximum Gasteiger partial charge on any atom is 0.239 e. The van der Waals surface area contributed by atoms with Crippen LogP contribution in [0.3, 0.4) is 0 Å². The molecule has 0 fully saturated rings. The van der Waals surface area contributed by atoms with Crippen molar-refractivity contribution in [1.82, 2.24) is 4.90 Å². The van der Waals surface area contributed by atoms with Gasteiger partial charge in [0.05, 0.1) is 12.6 Å². The Morgan fingerprint density at radius 3 is 2.60 bits per heavy atom. The Morgan fingerprint density at radius 2 is 2.00 bits per heavy atom. The predicted octanol–water partition coefficient (Wildman–Crippen LogP) is 2.67. The summed E-state index contributed by atoms with van der Waals surface area (Å²) >= 11 is 1.67. The molecule has 0 aliphatic heterocycles. The zero-order valence-electron chi connectivity index (χ0n) is 11.7. The Bertz CT molecular complexity index is 523. The number of hydrogen-bond donors (Lipinski definition) is 1. The van der Waals surface area contributed by atoms with E-state index >= 15 is 0 Å². The molecule has 2 rings (SSSR count). The second-order valence-electron chi connectivity index (χ2n) is 4.86. The van der Waals surface area contributed by atoms with Crippen molar-refractivity contribution in [3.63, 3.8) is 0 Å². The van der Waals surface area contributed by atoms with Gasteiger partial charge in [-0.3, -0.25) is 4.79 Å². The Kier molecular flexibility index (Phi) is 5.32. The van der Waals surface area contributed by atoms with E-state index in [4.69, 9.17) is 5.73 Å². The smallest absolute Gasteiger partial charge is 0.239 e. The summed E-state index contributed by atoms with van der Waals surface area (Å²) in [5.74, 6) is 0.00864. The van der Waals surface area contributed by atoms with Crippen LogP contribution in [0.5, 0.6) is 0 Å². The summed E-state index contributed by atoms with van der Waals surface area (Å²) in [5.41, 5.74) is 6.98. The van der Waals surface area contributed by atoms with Gasteiger partial charge < -0.3 is 10.6 Å². The van der Waals surface area contributed by atoms with Gasteiger partial charge >= 0.3 is 0 Å². The topological polar surface area (TPSA) is 46.3 Å². The Labute approximate surface area is 124 Å². The van der Waals surface area contributed by atoms with Crippen LogP contribution >= 0.6 is 11.3 Å². The minimum Gasteiger partial charge on any atom is -0.336 e. The van der Waals surface area contributed by atoms with E-state index in [1.54, 1.807) is 18.3 Å². The maximum absolute atomic E-state index is 12.2. The lowest BCUT2D eigenvalue weighted by molar-refractivity contribution is -0.132. The molecule has 2 N–H and O–H groups in total. The summed E-state index contributed by atoms with van der Waals surface area (Å²) in [6, 6.07) is 13.8. The van der Waals surface area contributed by atoms with Gasteiger partial charge in [-0.05, 0) is 30.4 Å². The number of benzene rings is 1. The number of thiophene rings is 1. The molecule has 0 saturated heterocycles. The fourth-order valence-corrected chi connectivity index (χ4v) is 2.77. The highest BCUT2D eigenvalue weighted by Crippen LogP contribution is 2.13. The molecule has 106 valence electrons. The SMILES string of the molecule is CC(N)C(=O)N(CCc1ccccc1)Cc1cccs1.